The first-order valence-electron chi connectivity index (χ1n) is 10.3. The van der Waals surface area contributed by atoms with E-state index in [1.807, 2.05) is 0 Å². The average molecular weight is 503 g/mol. The topological polar surface area (TPSA) is 108 Å². The van der Waals surface area contributed by atoms with Crippen LogP contribution in [0.15, 0.2) is 66.7 Å². The normalized spacial score (nSPS) is 14.9. The van der Waals surface area contributed by atoms with Crippen LogP contribution in [0.3, 0.4) is 0 Å². The standard InChI is InChI=1S/C23H20ClFN4O4S/c24-20-10-7-18(14-21(20)28-23(31)16-3-1-4-17(25)13-16)27-22(30)15-5-8-19(9-6-15)29-12-2-11-26-34(29,32)33/h1,3-10,13-14,26H,2,11-12H2,(H,27,30)(H,28,31). The number of carbonyl (C=O) groups excluding carboxylic acids is 2. The molecule has 0 saturated carbocycles. The molecule has 3 aromatic rings. The van der Waals surface area contributed by atoms with Gasteiger partial charge in [-0.25, -0.2) is 4.39 Å². The van der Waals surface area contributed by atoms with Gasteiger partial charge in [-0.15, -0.1) is 0 Å². The van der Waals surface area contributed by atoms with E-state index in [-0.39, 0.29) is 16.3 Å². The molecule has 2 amide bonds. The molecule has 0 spiro atoms. The first-order chi connectivity index (χ1) is 16.2. The smallest absolute Gasteiger partial charge is 0.301 e. The first kappa shape index (κ1) is 23.7. The van der Waals surface area contributed by atoms with Crippen LogP contribution >= 0.6 is 11.6 Å². The van der Waals surface area contributed by atoms with Crippen molar-refractivity contribution >= 4 is 50.7 Å². The Hall–Kier alpha value is -3.47. The van der Waals surface area contributed by atoms with Gasteiger partial charge < -0.3 is 10.6 Å². The average Bonchev–Trinajstić information content (AvgIpc) is 2.81. The Labute approximate surface area is 200 Å². The summed E-state index contributed by atoms with van der Waals surface area (Å²) < 4.78 is 41.4. The van der Waals surface area contributed by atoms with E-state index in [1.54, 1.807) is 18.2 Å². The van der Waals surface area contributed by atoms with E-state index in [4.69, 9.17) is 11.6 Å². The highest BCUT2D eigenvalue weighted by Gasteiger charge is 2.25. The van der Waals surface area contributed by atoms with Crippen molar-refractivity contribution in [3.63, 3.8) is 0 Å². The molecule has 176 valence electrons. The van der Waals surface area contributed by atoms with Crippen LogP contribution in [0, 0.1) is 5.82 Å². The number of hydrogen-bond donors (Lipinski definition) is 3. The van der Waals surface area contributed by atoms with Crippen molar-refractivity contribution in [2.24, 2.45) is 0 Å². The lowest BCUT2D eigenvalue weighted by Crippen LogP contribution is -2.47. The summed E-state index contributed by atoms with van der Waals surface area (Å²) in [4.78, 5) is 25.1. The Morgan fingerprint density at radius 3 is 2.38 bits per heavy atom. The molecule has 1 fully saturated rings. The molecule has 0 bridgehead atoms. The molecular formula is C23H20ClFN4O4S. The van der Waals surface area contributed by atoms with Crippen molar-refractivity contribution in [2.75, 3.05) is 28.0 Å². The molecule has 0 radical (unpaired) electrons. The minimum Gasteiger partial charge on any atom is -0.322 e. The molecule has 1 aliphatic heterocycles. The van der Waals surface area contributed by atoms with Crippen molar-refractivity contribution in [1.82, 2.24) is 4.72 Å². The summed E-state index contributed by atoms with van der Waals surface area (Å²) in [5, 5.41) is 5.55. The second-order valence-corrected chi connectivity index (χ2v) is 9.57. The molecule has 0 aliphatic carbocycles. The van der Waals surface area contributed by atoms with Crippen molar-refractivity contribution in [3.8, 4) is 0 Å². The van der Waals surface area contributed by atoms with Gasteiger partial charge in [0.1, 0.15) is 5.82 Å². The third-order valence-corrected chi connectivity index (χ3v) is 6.96. The molecule has 11 heteroatoms. The third-order valence-electron chi connectivity index (χ3n) is 5.09. The molecular weight excluding hydrogens is 483 g/mol. The Balaban J connectivity index is 1.46. The summed E-state index contributed by atoms with van der Waals surface area (Å²) in [7, 11) is -3.58. The minimum atomic E-state index is -3.58. The van der Waals surface area contributed by atoms with Gasteiger partial charge in [-0.2, -0.15) is 13.1 Å². The predicted octanol–water partition coefficient (Wildman–Crippen LogP) is 4.03. The summed E-state index contributed by atoms with van der Waals surface area (Å²) in [5.41, 5.74) is 1.50. The van der Waals surface area contributed by atoms with Gasteiger partial charge in [0.25, 0.3) is 11.8 Å². The molecule has 0 unspecified atom stereocenters. The summed E-state index contributed by atoms with van der Waals surface area (Å²) in [6, 6.07) is 16.0. The fourth-order valence-corrected chi connectivity index (χ4v) is 4.89. The van der Waals surface area contributed by atoms with E-state index in [0.29, 0.717) is 36.4 Å². The van der Waals surface area contributed by atoms with E-state index < -0.39 is 27.8 Å². The number of hydrogen-bond acceptors (Lipinski definition) is 4. The van der Waals surface area contributed by atoms with Crippen LogP contribution in [-0.4, -0.2) is 33.3 Å². The van der Waals surface area contributed by atoms with E-state index in [9.17, 15) is 22.4 Å². The van der Waals surface area contributed by atoms with Crippen molar-refractivity contribution < 1.29 is 22.4 Å². The van der Waals surface area contributed by atoms with Crippen LogP contribution in [-0.2, 0) is 10.2 Å². The predicted molar refractivity (Wildman–Crippen MR) is 129 cm³/mol. The lowest BCUT2D eigenvalue weighted by atomic mass is 10.1. The lowest BCUT2D eigenvalue weighted by Gasteiger charge is -2.28. The van der Waals surface area contributed by atoms with Crippen LogP contribution in [0.1, 0.15) is 27.1 Å². The zero-order chi connectivity index (χ0) is 24.3. The number of rotatable bonds is 5. The number of nitrogens with zero attached hydrogens (tertiary/aromatic N) is 1. The summed E-state index contributed by atoms with van der Waals surface area (Å²) in [6.45, 7) is 0.751. The van der Waals surface area contributed by atoms with Gasteiger partial charge in [0.2, 0.25) is 0 Å². The molecule has 3 aromatic carbocycles. The third kappa shape index (κ3) is 5.36. The summed E-state index contributed by atoms with van der Waals surface area (Å²) in [5.74, 6) is -1.53. The summed E-state index contributed by atoms with van der Waals surface area (Å²) in [6.07, 6.45) is 0.677. The van der Waals surface area contributed by atoms with Crippen molar-refractivity contribution in [1.29, 1.82) is 0 Å². The quantitative estimate of drug-likeness (QED) is 0.489. The number of halogens is 2. The zero-order valence-electron chi connectivity index (χ0n) is 17.7. The van der Waals surface area contributed by atoms with Gasteiger partial charge >= 0.3 is 10.2 Å². The molecule has 0 atom stereocenters. The fourth-order valence-electron chi connectivity index (χ4n) is 3.40. The molecule has 1 saturated heterocycles. The largest absolute Gasteiger partial charge is 0.322 e. The second-order valence-electron chi connectivity index (χ2n) is 7.49. The minimum absolute atomic E-state index is 0.122. The molecule has 0 aromatic heterocycles. The Kier molecular flexibility index (Phi) is 6.82. The number of benzene rings is 3. The van der Waals surface area contributed by atoms with Gasteiger partial charge in [0, 0.05) is 29.9 Å². The monoisotopic (exact) mass is 502 g/mol. The lowest BCUT2D eigenvalue weighted by molar-refractivity contribution is 0.101. The number of anilines is 3. The van der Waals surface area contributed by atoms with Crippen molar-refractivity contribution in [3.05, 3.63) is 88.7 Å². The Bertz CT molecular complexity index is 1350. The molecule has 1 heterocycles. The highest BCUT2D eigenvalue weighted by molar-refractivity contribution is 7.90. The van der Waals surface area contributed by atoms with E-state index in [0.717, 1.165) is 6.07 Å². The molecule has 3 N–H and O–H groups in total. The number of carbonyl (C=O) groups is 2. The zero-order valence-corrected chi connectivity index (χ0v) is 19.3. The highest BCUT2D eigenvalue weighted by atomic mass is 35.5. The first-order valence-corrected chi connectivity index (χ1v) is 12.1. The van der Waals surface area contributed by atoms with Gasteiger partial charge in [-0.05, 0) is 67.1 Å². The van der Waals surface area contributed by atoms with Gasteiger partial charge in [0.15, 0.2) is 0 Å². The SMILES string of the molecule is O=C(Nc1ccc(Cl)c(NC(=O)c2cccc(F)c2)c1)c1ccc(N2CCCNS2(=O)=O)cc1. The van der Waals surface area contributed by atoms with Gasteiger partial charge in [-0.3, -0.25) is 13.9 Å². The number of amides is 2. The Morgan fingerprint density at radius 1 is 0.941 bits per heavy atom. The maximum absolute atomic E-state index is 13.4. The van der Waals surface area contributed by atoms with Crippen LogP contribution in [0.25, 0.3) is 0 Å². The van der Waals surface area contributed by atoms with Gasteiger partial charge in [-0.1, -0.05) is 17.7 Å². The molecule has 34 heavy (non-hydrogen) atoms. The fraction of sp³-hybridized carbons (Fsp3) is 0.130. The highest BCUT2D eigenvalue weighted by Crippen LogP contribution is 2.27. The van der Waals surface area contributed by atoms with Crippen LogP contribution in [0.2, 0.25) is 5.02 Å². The molecule has 4 rings (SSSR count). The van der Waals surface area contributed by atoms with Crippen LogP contribution in [0.4, 0.5) is 21.5 Å². The molecule has 1 aliphatic rings. The maximum atomic E-state index is 13.4. The van der Waals surface area contributed by atoms with Crippen LogP contribution < -0.4 is 19.7 Å². The molecule has 8 nitrogen and oxygen atoms in total. The van der Waals surface area contributed by atoms with E-state index >= 15 is 0 Å². The maximum Gasteiger partial charge on any atom is 0.301 e. The number of nitrogens with one attached hydrogen (secondary N) is 3. The van der Waals surface area contributed by atoms with Crippen LogP contribution in [0.5, 0.6) is 0 Å². The second kappa shape index (κ2) is 9.80. The van der Waals surface area contributed by atoms with Gasteiger partial charge in [0.05, 0.1) is 16.4 Å². The van der Waals surface area contributed by atoms with E-state index in [1.165, 1.54) is 46.8 Å². The summed E-state index contributed by atoms with van der Waals surface area (Å²) >= 11 is 6.17. The Morgan fingerprint density at radius 2 is 1.68 bits per heavy atom. The van der Waals surface area contributed by atoms with Crippen molar-refractivity contribution in [2.45, 2.75) is 6.42 Å². The van der Waals surface area contributed by atoms with E-state index in [2.05, 4.69) is 15.4 Å².